The summed E-state index contributed by atoms with van der Waals surface area (Å²) in [6.45, 7) is 2.14. The molecule has 0 saturated heterocycles. The quantitative estimate of drug-likeness (QED) is 0.410. The zero-order valence-electron chi connectivity index (χ0n) is 16.0. The van der Waals surface area contributed by atoms with Crippen LogP contribution < -0.4 is 10.1 Å². The first-order valence-electron chi connectivity index (χ1n) is 9.09. The lowest BCUT2D eigenvalue weighted by Crippen LogP contribution is -2.16. The third-order valence-corrected chi connectivity index (χ3v) is 4.43. The van der Waals surface area contributed by atoms with Crippen LogP contribution >= 0.6 is 11.6 Å². The molecular weight excluding hydrogens is 388 g/mol. The molecule has 0 aliphatic rings. The van der Waals surface area contributed by atoms with Crippen LogP contribution in [0.1, 0.15) is 16.7 Å². The first-order chi connectivity index (χ1) is 14.1. The van der Waals surface area contributed by atoms with Gasteiger partial charge < -0.3 is 14.9 Å². The van der Waals surface area contributed by atoms with E-state index in [4.69, 9.17) is 21.2 Å². The number of aryl methyl sites for hydroxylation is 1. The van der Waals surface area contributed by atoms with E-state index in [1.54, 1.807) is 0 Å². The fourth-order valence-electron chi connectivity index (χ4n) is 2.51. The molecule has 0 radical (unpaired) electrons. The third-order valence-electron chi connectivity index (χ3n) is 4.06. The SMILES string of the molecule is Cc1ccc(NC(=O)CO/N=C/c2ccccc2OCc2ccccc2Cl)cc1. The minimum atomic E-state index is -0.283. The van der Waals surface area contributed by atoms with Crippen LogP contribution in [0.3, 0.4) is 0 Å². The van der Waals surface area contributed by atoms with Crippen molar-refractivity contribution >= 4 is 29.4 Å². The van der Waals surface area contributed by atoms with Crippen LogP contribution in [-0.4, -0.2) is 18.7 Å². The van der Waals surface area contributed by atoms with Crippen LogP contribution in [-0.2, 0) is 16.2 Å². The molecule has 5 nitrogen and oxygen atoms in total. The van der Waals surface area contributed by atoms with E-state index in [1.807, 2.05) is 79.7 Å². The molecule has 0 heterocycles. The Morgan fingerprint density at radius 2 is 1.76 bits per heavy atom. The summed E-state index contributed by atoms with van der Waals surface area (Å²) < 4.78 is 5.86. The maximum Gasteiger partial charge on any atom is 0.265 e. The lowest BCUT2D eigenvalue weighted by Gasteiger charge is -2.10. The minimum absolute atomic E-state index is 0.187. The Kier molecular flexibility index (Phi) is 7.25. The number of nitrogens with zero attached hydrogens (tertiary/aromatic N) is 1. The number of carbonyl (C=O) groups is 1. The molecule has 0 aliphatic carbocycles. The average Bonchev–Trinajstić information content (AvgIpc) is 2.73. The number of para-hydroxylation sites is 1. The Morgan fingerprint density at radius 1 is 1.03 bits per heavy atom. The molecule has 3 aromatic carbocycles. The molecule has 6 heteroatoms. The van der Waals surface area contributed by atoms with E-state index in [2.05, 4.69) is 10.5 Å². The van der Waals surface area contributed by atoms with Crippen molar-refractivity contribution in [3.63, 3.8) is 0 Å². The summed E-state index contributed by atoms with van der Waals surface area (Å²) >= 11 is 6.16. The molecule has 0 atom stereocenters. The van der Waals surface area contributed by atoms with Gasteiger partial charge in [0, 0.05) is 21.8 Å². The van der Waals surface area contributed by atoms with Crippen LogP contribution in [0.2, 0.25) is 5.02 Å². The molecule has 1 amide bonds. The number of anilines is 1. The summed E-state index contributed by atoms with van der Waals surface area (Å²) in [5, 5.41) is 7.28. The Labute approximate surface area is 174 Å². The molecule has 148 valence electrons. The maximum atomic E-state index is 11.9. The van der Waals surface area contributed by atoms with E-state index in [1.165, 1.54) is 6.21 Å². The number of hydrogen-bond donors (Lipinski definition) is 1. The Morgan fingerprint density at radius 3 is 2.55 bits per heavy atom. The van der Waals surface area contributed by atoms with Gasteiger partial charge in [-0.05, 0) is 37.3 Å². The van der Waals surface area contributed by atoms with Gasteiger partial charge >= 0.3 is 0 Å². The molecule has 0 bridgehead atoms. The van der Waals surface area contributed by atoms with Gasteiger partial charge in [-0.25, -0.2) is 0 Å². The van der Waals surface area contributed by atoms with E-state index in [0.717, 1.165) is 16.7 Å². The zero-order valence-corrected chi connectivity index (χ0v) is 16.7. The lowest BCUT2D eigenvalue weighted by molar-refractivity contribution is -0.120. The van der Waals surface area contributed by atoms with Crippen LogP contribution in [0.4, 0.5) is 5.69 Å². The molecule has 0 fully saturated rings. The first-order valence-corrected chi connectivity index (χ1v) is 9.47. The van der Waals surface area contributed by atoms with Crippen molar-refractivity contribution in [1.82, 2.24) is 0 Å². The number of rotatable bonds is 8. The molecular formula is C23H21ClN2O3. The summed E-state index contributed by atoms with van der Waals surface area (Å²) in [6, 6.07) is 22.5. The average molecular weight is 409 g/mol. The molecule has 3 aromatic rings. The Hall–Kier alpha value is -3.31. The summed E-state index contributed by atoms with van der Waals surface area (Å²) in [5.41, 5.74) is 3.47. The minimum Gasteiger partial charge on any atom is -0.488 e. The lowest BCUT2D eigenvalue weighted by atomic mass is 10.2. The van der Waals surface area contributed by atoms with Gasteiger partial charge in [-0.2, -0.15) is 0 Å². The monoisotopic (exact) mass is 408 g/mol. The number of amides is 1. The van der Waals surface area contributed by atoms with E-state index < -0.39 is 0 Å². The second-order valence-corrected chi connectivity index (χ2v) is 6.75. The predicted molar refractivity (Wildman–Crippen MR) is 116 cm³/mol. The highest BCUT2D eigenvalue weighted by Crippen LogP contribution is 2.21. The number of benzene rings is 3. The van der Waals surface area contributed by atoms with Crippen LogP contribution in [0.5, 0.6) is 5.75 Å². The van der Waals surface area contributed by atoms with Gasteiger partial charge in [0.1, 0.15) is 12.4 Å². The predicted octanol–water partition coefficient (Wildman–Crippen LogP) is 5.22. The number of ether oxygens (including phenoxy) is 1. The van der Waals surface area contributed by atoms with Crippen molar-refractivity contribution in [2.75, 3.05) is 11.9 Å². The van der Waals surface area contributed by atoms with Crippen molar-refractivity contribution in [3.05, 3.63) is 94.5 Å². The number of oxime groups is 1. The fourth-order valence-corrected chi connectivity index (χ4v) is 2.70. The second-order valence-electron chi connectivity index (χ2n) is 6.34. The zero-order chi connectivity index (χ0) is 20.5. The largest absolute Gasteiger partial charge is 0.488 e. The van der Waals surface area contributed by atoms with Crippen molar-refractivity contribution in [3.8, 4) is 5.75 Å². The van der Waals surface area contributed by atoms with Gasteiger partial charge in [-0.15, -0.1) is 0 Å². The normalized spacial score (nSPS) is 10.7. The highest BCUT2D eigenvalue weighted by molar-refractivity contribution is 6.31. The van der Waals surface area contributed by atoms with Crippen LogP contribution in [0.25, 0.3) is 0 Å². The molecule has 3 rings (SSSR count). The van der Waals surface area contributed by atoms with Crippen LogP contribution in [0, 0.1) is 6.92 Å². The van der Waals surface area contributed by atoms with Gasteiger partial charge in [0.25, 0.3) is 5.91 Å². The summed E-state index contributed by atoms with van der Waals surface area (Å²) in [4.78, 5) is 17.0. The molecule has 0 unspecified atom stereocenters. The van der Waals surface area contributed by atoms with Gasteiger partial charge in [0.05, 0.1) is 6.21 Å². The van der Waals surface area contributed by atoms with Crippen LogP contribution in [0.15, 0.2) is 78.0 Å². The topological polar surface area (TPSA) is 59.9 Å². The fraction of sp³-hybridized carbons (Fsp3) is 0.130. The number of nitrogens with one attached hydrogen (secondary N) is 1. The maximum absolute atomic E-state index is 11.9. The molecule has 29 heavy (non-hydrogen) atoms. The number of carbonyl (C=O) groups excluding carboxylic acids is 1. The van der Waals surface area contributed by atoms with Crippen molar-refractivity contribution in [2.45, 2.75) is 13.5 Å². The summed E-state index contributed by atoms with van der Waals surface area (Å²) in [7, 11) is 0. The highest BCUT2D eigenvalue weighted by atomic mass is 35.5. The highest BCUT2D eigenvalue weighted by Gasteiger charge is 2.05. The first kappa shape index (κ1) is 20.4. The summed E-state index contributed by atoms with van der Waals surface area (Å²) in [6.07, 6.45) is 1.51. The van der Waals surface area contributed by atoms with Gasteiger partial charge in [0.15, 0.2) is 6.61 Å². The smallest absolute Gasteiger partial charge is 0.265 e. The van der Waals surface area contributed by atoms with E-state index in [9.17, 15) is 4.79 Å². The van der Waals surface area contributed by atoms with E-state index in [-0.39, 0.29) is 12.5 Å². The van der Waals surface area contributed by atoms with E-state index in [0.29, 0.717) is 23.1 Å². The van der Waals surface area contributed by atoms with Gasteiger partial charge in [-0.3, -0.25) is 4.79 Å². The van der Waals surface area contributed by atoms with Gasteiger partial charge in [0.2, 0.25) is 0 Å². The van der Waals surface area contributed by atoms with E-state index >= 15 is 0 Å². The summed E-state index contributed by atoms with van der Waals surface area (Å²) in [5.74, 6) is 0.359. The number of halogens is 1. The Bertz CT molecular complexity index is 987. The standard InChI is InChI=1S/C23H21ClN2O3/c1-17-10-12-20(13-11-17)26-23(27)16-29-25-14-18-6-3-5-9-22(18)28-15-19-7-2-4-8-21(19)24/h2-14H,15-16H2,1H3,(H,26,27)/b25-14+. The van der Waals surface area contributed by atoms with Crippen molar-refractivity contribution in [2.24, 2.45) is 5.16 Å². The van der Waals surface area contributed by atoms with Crippen molar-refractivity contribution in [1.29, 1.82) is 0 Å². The molecule has 1 N–H and O–H groups in total. The van der Waals surface area contributed by atoms with Crippen molar-refractivity contribution < 1.29 is 14.4 Å². The third kappa shape index (κ3) is 6.36. The number of hydrogen-bond acceptors (Lipinski definition) is 4. The molecule has 0 aliphatic heterocycles. The van der Waals surface area contributed by atoms with Gasteiger partial charge in [-0.1, -0.05) is 64.8 Å². The second kappa shape index (κ2) is 10.3. The molecule has 0 aromatic heterocycles. The Balaban J connectivity index is 1.52. The molecule has 0 spiro atoms. The molecule has 0 saturated carbocycles.